The van der Waals surface area contributed by atoms with Crippen LogP contribution >= 0.6 is 0 Å². The standard InChI is InChI=1S/C15H16N4O/c1-4-12-6-5-7-13(8-12)20-14-10(2)11(3)18-15-16-9-17-19(14)15/h5-9H,4H2,1-3H3. The number of hydrogen-bond acceptors (Lipinski definition) is 4. The van der Waals surface area contributed by atoms with Crippen molar-refractivity contribution < 1.29 is 4.74 Å². The largest absolute Gasteiger partial charge is 0.439 e. The minimum atomic E-state index is 0.551. The molecule has 0 atom stereocenters. The second kappa shape index (κ2) is 4.92. The highest BCUT2D eigenvalue weighted by molar-refractivity contribution is 5.42. The highest BCUT2D eigenvalue weighted by Crippen LogP contribution is 2.26. The first-order chi connectivity index (χ1) is 9.69. The van der Waals surface area contributed by atoms with Gasteiger partial charge in [-0.25, -0.2) is 4.98 Å². The summed E-state index contributed by atoms with van der Waals surface area (Å²) in [5.41, 5.74) is 3.10. The van der Waals surface area contributed by atoms with Crippen molar-refractivity contribution in [3.8, 4) is 11.6 Å². The minimum absolute atomic E-state index is 0.551. The van der Waals surface area contributed by atoms with Crippen molar-refractivity contribution in [2.45, 2.75) is 27.2 Å². The van der Waals surface area contributed by atoms with E-state index >= 15 is 0 Å². The summed E-state index contributed by atoms with van der Waals surface area (Å²) in [6, 6.07) is 8.06. The first-order valence-electron chi connectivity index (χ1n) is 6.62. The third-order valence-electron chi connectivity index (χ3n) is 3.37. The molecule has 0 spiro atoms. The van der Waals surface area contributed by atoms with Gasteiger partial charge in [0.15, 0.2) is 0 Å². The molecule has 2 heterocycles. The minimum Gasteiger partial charge on any atom is -0.439 e. The molecule has 20 heavy (non-hydrogen) atoms. The fraction of sp³-hybridized carbons (Fsp3) is 0.267. The Morgan fingerprint density at radius 3 is 2.90 bits per heavy atom. The van der Waals surface area contributed by atoms with Crippen molar-refractivity contribution in [3.05, 3.63) is 47.4 Å². The molecule has 102 valence electrons. The zero-order valence-electron chi connectivity index (χ0n) is 11.8. The quantitative estimate of drug-likeness (QED) is 0.732. The van der Waals surface area contributed by atoms with E-state index in [2.05, 4.69) is 28.1 Å². The molecule has 1 aromatic carbocycles. The summed E-state index contributed by atoms with van der Waals surface area (Å²) in [5.74, 6) is 2.02. The van der Waals surface area contributed by atoms with Crippen LogP contribution < -0.4 is 4.74 Å². The van der Waals surface area contributed by atoms with Gasteiger partial charge >= 0.3 is 0 Å². The van der Waals surface area contributed by atoms with E-state index in [-0.39, 0.29) is 0 Å². The van der Waals surface area contributed by atoms with Crippen LogP contribution in [0.3, 0.4) is 0 Å². The number of aromatic nitrogens is 4. The van der Waals surface area contributed by atoms with Crippen LogP contribution in [0.5, 0.6) is 11.6 Å². The lowest BCUT2D eigenvalue weighted by Crippen LogP contribution is -2.03. The van der Waals surface area contributed by atoms with Gasteiger partial charge in [-0.15, -0.1) is 0 Å². The van der Waals surface area contributed by atoms with Crippen molar-refractivity contribution in [2.75, 3.05) is 0 Å². The van der Waals surface area contributed by atoms with Crippen molar-refractivity contribution in [2.24, 2.45) is 0 Å². The fourth-order valence-corrected chi connectivity index (χ4v) is 2.06. The van der Waals surface area contributed by atoms with Gasteiger partial charge in [0.05, 0.1) is 0 Å². The first kappa shape index (κ1) is 12.6. The average Bonchev–Trinajstić information content (AvgIpc) is 2.92. The maximum Gasteiger partial charge on any atom is 0.255 e. The molecule has 0 bridgehead atoms. The highest BCUT2D eigenvalue weighted by atomic mass is 16.5. The van der Waals surface area contributed by atoms with Crippen LogP contribution in [0.2, 0.25) is 0 Å². The SMILES string of the molecule is CCc1cccc(Oc2c(C)c(C)nc3ncnn23)c1. The molecule has 0 fully saturated rings. The number of ether oxygens (including phenoxy) is 1. The maximum absolute atomic E-state index is 6.02. The zero-order chi connectivity index (χ0) is 14.1. The molecule has 0 saturated carbocycles. The van der Waals surface area contributed by atoms with Crippen LogP contribution in [-0.4, -0.2) is 19.6 Å². The summed E-state index contributed by atoms with van der Waals surface area (Å²) >= 11 is 0. The van der Waals surface area contributed by atoms with Crippen LogP contribution in [0, 0.1) is 13.8 Å². The molecular formula is C15H16N4O. The number of hydrogen-bond donors (Lipinski definition) is 0. The predicted molar refractivity (Wildman–Crippen MR) is 76.2 cm³/mol. The lowest BCUT2D eigenvalue weighted by Gasteiger charge is -2.12. The second-order valence-electron chi connectivity index (χ2n) is 4.70. The van der Waals surface area contributed by atoms with Gasteiger partial charge in [-0.3, -0.25) is 0 Å². The van der Waals surface area contributed by atoms with E-state index in [0.717, 1.165) is 23.4 Å². The molecule has 0 unspecified atom stereocenters. The zero-order valence-corrected chi connectivity index (χ0v) is 11.8. The van der Waals surface area contributed by atoms with Gasteiger partial charge in [0, 0.05) is 11.3 Å². The Morgan fingerprint density at radius 1 is 1.25 bits per heavy atom. The van der Waals surface area contributed by atoms with E-state index in [4.69, 9.17) is 4.74 Å². The number of benzene rings is 1. The van der Waals surface area contributed by atoms with Crippen molar-refractivity contribution in [3.63, 3.8) is 0 Å². The smallest absolute Gasteiger partial charge is 0.255 e. The molecule has 0 amide bonds. The van der Waals surface area contributed by atoms with Gasteiger partial charge in [-0.1, -0.05) is 19.1 Å². The Balaban J connectivity index is 2.09. The Kier molecular flexibility index (Phi) is 3.10. The van der Waals surface area contributed by atoms with Gasteiger partial charge in [0.25, 0.3) is 5.78 Å². The molecule has 0 N–H and O–H groups in total. The van der Waals surface area contributed by atoms with Gasteiger partial charge < -0.3 is 4.74 Å². The summed E-state index contributed by atoms with van der Waals surface area (Å²) < 4.78 is 7.65. The second-order valence-corrected chi connectivity index (χ2v) is 4.70. The molecule has 0 aliphatic carbocycles. The summed E-state index contributed by atoms with van der Waals surface area (Å²) in [4.78, 5) is 8.50. The van der Waals surface area contributed by atoms with Crippen LogP contribution in [0.4, 0.5) is 0 Å². The molecule has 5 nitrogen and oxygen atoms in total. The summed E-state index contributed by atoms with van der Waals surface area (Å²) in [6.07, 6.45) is 2.46. The van der Waals surface area contributed by atoms with E-state index in [9.17, 15) is 0 Å². The summed E-state index contributed by atoms with van der Waals surface area (Å²) in [7, 11) is 0. The van der Waals surface area contributed by atoms with E-state index in [1.54, 1.807) is 4.52 Å². The van der Waals surface area contributed by atoms with Gasteiger partial charge in [0.1, 0.15) is 12.1 Å². The Hall–Kier alpha value is -2.43. The summed E-state index contributed by atoms with van der Waals surface area (Å²) in [5, 5.41) is 4.18. The first-order valence-corrected chi connectivity index (χ1v) is 6.62. The molecule has 0 saturated heterocycles. The lowest BCUT2D eigenvalue weighted by atomic mass is 10.2. The molecule has 3 rings (SSSR count). The Bertz CT molecular complexity index is 764. The van der Waals surface area contributed by atoms with Crippen LogP contribution in [0.15, 0.2) is 30.6 Å². The molecule has 0 radical (unpaired) electrons. The highest BCUT2D eigenvalue weighted by Gasteiger charge is 2.13. The van der Waals surface area contributed by atoms with E-state index in [0.29, 0.717) is 11.7 Å². The Morgan fingerprint density at radius 2 is 2.10 bits per heavy atom. The average molecular weight is 268 g/mol. The lowest BCUT2D eigenvalue weighted by molar-refractivity contribution is 0.440. The van der Waals surface area contributed by atoms with E-state index in [1.165, 1.54) is 11.9 Å². The molecule has 0 aliphatic heterocycles. The molecular weight excluding hydrogens is 252 g/mol. The maximum atomic E-state index is 6.02. The molecule has 2 aromatic heterocycles. The third-order valence-corrected chi connectivity index (χ3v) is 3.37. The van der Waals surface area contributed by atoms with E-state index in [1.807, 2.05) is 32.0 Å². The van der Waals surface area contributed by atoms with E-state index < -0.39 is 0 Å². The number of aryl methyl sites for hydroxylation is 2. The van der Waals surface area contributed by atoms with Gasteiger partial charge in [0.2, 0.25) is 5.88 Å². The molecule has 0 aliphatic rings. The van der Waals surface area contributed by atoms with Crippen LogP contribution in [0.1, 0.15) is 23.7 Å². The Labute approximate surface area is 117 Å². The van der Waals surface area contributed by atoms with Crippen LogP contribution in [0.25, 0.3) is 5.78 Å². The molecule has 3 aromatic rings. The molecule has 5 heteroatoms. The van der Waals surface area contributed by atoms with Crippen molar-refractivity contribution in [1.82, 2.24) is 19.6 Å². The number of fused-ring (bicyclic) bond motifs is 1. The number of nitrogens with zero attached hydrogens (tertiary/aromatic N) is 4. The topological polar surface area (TPSA) is 52.3 Å². The third kappa shape index (κ3) is 2.11. The fourth-order valence-electron chi connectivity index (χ4n) is 2.06. The predicted octanol–water partition coefficient (Wildman–Crippen LogP) is 3.10. The van der Waals surface area contributed by atoms with Crippen LogP contribution in [-0.2, 0) is 6.42 Å². The monoisotopic (exact) mass is 268 g/mol. The van der Waals surface area contributed by atoms with Crippen molar-refractivity contribution in [1.29, 1.82) is 0 Å². The van der Waals surface area contributed by atoms with Gasteiger partial charge in [-0.2, -0.15) is 14.6 Å². The number of rotatable bonds is 3. The normalized spacial score (nSPS) is 10.9. The van der Waals surface area contributed by atoms with Crippen molar-refractivity contribution >= 4 is 5.78 Å². The summed E-state index contributed by atoms with van der Waals surface area (Å²) in [6.45, 7) is 6.04. The van der Waals surface area contributed by atoms with Gasteiger partial charge in [-0.05, 0) is 38.0 Å².